The summed E-state index contributed by atoms with van der Waals surface area (Å²) in [7, 11) is 0. The highest BCUT2D eigenvalue weighted by atomic mass is 16.7. The summed E-state index contributed by atoms with van der Waals surface area (Å²) in [5.41, 5.74) is 1.35. The van der Waals surface area contributed by atoms with Gasteiger partial charge in [0.25, 0.3) is 0 Å². The van der Waals surface area contributed by atoms with Gasteiger partial charge in [0.2, 0.25) is 0 Å². The summed E-state index contributed by atoms with van der Waals surface area (Å²) in [6.07, 6.45) is -2.18. The number of benzene rings is 4. The maximum Gasteiger partial charge on any atom is 0.338 e. The zero-order valence-electron chi connectivity index (χ0n) is 34.6. The predicted molar refractivity (Wildman–Crippen MR) is 225 cm³/mol. The van der Waals surface area contributed by atoms with Gasteiger partial charge in [-0.25, -0.2) is 14.4 Å². The molecule has 0 N–H and O–H groups in total. The molecule has 0 bridgehead atoms. The van der Waals surface area contributed by atoms with Gasteiger partial charge < -0.3 is 33.2 Å². The fraction of sp³-hybridized carbons (Fsp3) is 0.367. The van der Waals surface area contributed by atoms with Crippen molar-refractivity contribution in [3.63, 3.8) is 0 Å². The lowest BCUT2D eigenvalue weighted by atomic mass is 9.96. The van der Waals surface area contributed by atoms with Crippen molar-refractivity contribution in [2.45, 2.75) is 102 Å². The van der Waals surface area contributed by atoms with E-state index in [2.05, 4.69) is 6.58 Å². The van der Waals surface area contributed by atoms with E-state index in [0.29, 0.717) is 6.42 Å². The van der Waals surface area contributed by atoms with Gasteiger partial charge in [0.15, 0.2) is 24.6 Å². The molecule has 1 aliphatic heterocycles. The summed E-state index contributed by atoms with van der Waals surface area (Å²) in [5, 5.41) is 0. The SMILES string of the molecule is C=CCCCCC[C@H](O[C@@H]1O[C@H](COC(=O)CCC(=O)OCc2ccccc2)[C@@H](OC(=O)c2ccccc2)[C@H](OC(=O)c2ccccc2)[C@H]1OC(=O)c1ccccc1)C(C)C. The van der Waals surface area contributed by atoms with Gasteiger partial charge in [-0.1, -0.05) is 118 Å². The van der Waals surface area contributed by atoms with Crippen LogP contribution in [0, 0.1) is 5.92 Å². The highest BCUT2D eigenvalue weighted by Crippen LogP contribution is 2.33. The molecule has 0 radical (unpaired) electrons. The summed E-state index contributed by atoms with van der Waals surface area (Å²) < 4.78 is 42.7. The van der Waals surface area contributed by atoms with Crippen LogP contribution >= 0.6 is 0 Å². The molecule has 0 saturated carbocycles. The number of rotatable bonds is 22. The van der Waals surface area contributed by atoms with Crippen molar-refractivity contribution in [1.82, 2.24) is 0 Å². The molecule has 1 heterocycles. The molecule has 61 heavy (non-hydrogen) atoms. The second-order valence-electron chi connectivity index (χ2n) is 14.9. The normalized spacial score (nSPS) is 18.9. The minimum Gasteiger partial charge on any atom is -0.463 e. The highest BCUT2D eigenvalue weighted by Gasteiger charge is 2.54. The summed E-state index contributed by atoms with van der Waals surface area (Å²) >= 11 is 0. The maximum absolute atomic E-state index is 13.9. The van der Waals surface area contributed by atoms with Crippen LogP contribution in [0.5, 0.6) is 0 Å². The Morgan fingerprint density at radius 2 is 1.08 bits per heavy atom. The van der Waals surface area contributed by atoms with Crippen molar-refractivity contribution in [3.05, 3.63) is 156 Å². The van der Waals surface area contributed by atoms with Crippen molar-refractivity contribution >= 4 is 29.8 Å². The van der Waals surface area contributed by atoms with E-state index in [1.165, 1.54) is 0 Å². The maximum atomic E-state index is 13.9. The molecule has 6 atom stereocenters. The monoisotopic (exact) mass is 834 g/mol. The second kappa shape index (κ2) is 24.2. The number of hydrogen-bond acceptors (Lipinski definition) is 12. The average molecular weight is 835 g/mol. The average Bonchev–Trinajstić information content (AvgIpc) is 3.29. The Hall–Kier alpha value is -6.11. The lowest BCUT2D eigenvalue weighted by Gasteiger charge is -2.45. The van der Waals surface area contributed by atoms with Gasteiger partial charge in [-0.2, -0.15) is 0 Å². The van der Waals surface area contributed by atoms with Gasteiger partial charge in [0, 0.05) is 0 Å². The van der Waals surface area contributed by atoms with Gasteiger partial charge in [-0.05, 0) is 67.1 Å². The molecule has 0 aliphatic carbocycles. The number of allylic oxidation sites excluding steroid dienone is 1. The fourth-order valence-electron chi connectivity index (χ4n) is 6.62. The number of carbonyl (C=O) groups excluding carboxylic acids is 5. The smallest absolute Gasteiger partial charge is 0.338 e. The van der Waals surface area contributed by atoms with Crippen LogP contribution in [0.15, 0.2) is 134 Å². The predicted octanol–water partition coefficient (Wildman–Crippen LogP) is 8.63. The van der Waals surface area contributed by atoms with E-state index in [9.17, 15) is 24.0 Å². The van der Waals surface area contributed by atoms with Crippen LogP contribution in [0.3, 0.4) is 0 Å². The Labute approximate surface area is 357 Å². The van der Waals surface area contributed by atoms with E-state index in [1.54, 1.807) is 91.0 Å². The third kappa shape index (κ3) is 14.5. The molecular formula is C49H54O12. The number of carbonyl (C=O) groups is 5. The molecule has 4 aromatic carbocycles. The Balaban J connectivity index is 1.47. The molecule has 0 aromatic heterocycles. The van der Waals surface area contributed by atoms with Crippen LogP contribution in [0.4, 0.5) is 0 Å². The summed E-state index contributed by atoms with van der Waals surface area (Å²) in [6.45, 7) is 7.32. The number of esters is 5. The molecule has 4 aromatic rings. The Kier molecular flexibility index (Phi) is 18.3. The zero-order chi connectivity index (χ0) is 43.4. The first-order valence-electron chi connectivity index (χ1n) is 20.7. The number of hydrogen-bond donors (Lipinski definition) is 0. The second-order valence-corrected chi connectivity index (χ2v) is 14.9. The molecular weight excluding hydrogens is 781 g/mol. The third-order valence-corrected chi connectivity index (χ3v) is 9.98. The van der Waals surface area contributed by atoms with Crippen molar-refractivity contribution in [2.75, 3.05) is 6.61 Å². The molecule has 1 saturated heterocycles. The van der Waals surface area contributed by atoms with E-state index in [4.69, 9.17) is 33.2 Å². The molecule has 1 aliphatic rings. The van der Waals surface area contributed by atoms with Crippen molar-refractivity contribution in [3.8, 4) is 0 Å². The van der Waals surface area contributed by atoms with Crippen molar-refractivity contribution in [2.24, 2.45) is 5.92 Å². The quantitative estimate of drug-likeness (QED) is 0.0323. The molecule has 322 valence electrons. The van der Waals surface area contributed by atoms with Crippen LogP contribution in [0.1, 0.15) is 95.4 Å². The van der Waals surface area contributed by atoms with Gasteiger partial charge >= 0.3 is 29.8 Å². The Morgan fingerprint density at radius 3 is 1.59 bits per heavy atom. The van der Waals surface area contributed by atoms with E-state index < -0.39 is 73.3 Å². The standard InChI is InChI=1S/C49H54O12/c1-4-5-6-7-20-29-39(34(2)3)57-49-45(61-48(54)38-27-18-11-19-28-38)44(60-47(53)37-25-16-10-17-26-37)43(59-46(52)36-23-14-9-15-24-36)40(58-49)33-56-42(51)31-30-41(50)55-32-35-21-12-8-13-22-35/h4,8-19,21-28,34,39-40,43-45,49H,1,5-7,20,29-33H2,2-3H3/t39-,40+,43+,44-,45+,49+/m0/s1. The van der Waals surface area contributed by atoms with Crippen LogP contribution in [0.25, 0.3) is 0 Å². The van der Waals surface area contributed by atoms with Crippen molar-refractivity contribution in [1.29, 1.82) is 0 Å². The van der Waals surface area contributed by atoms with Gasteiger partial charge in [0.1, 0.15) is 19.3 Å². The van der Waals surface area contributed by atoms with Gasteiger partial charge in [-0.3, -0.25) is 9.59 Å². The van der Waals surface area contributed by atoms with E-state index in [1.807, 2.05) is 50.3 Å². The minimum atomic E-state index is -1.54. The van der Waals surface area contributed by atoms with Crippen LogP contribution < -0.4 is 0 Å². The molecule has 1 fully saturated rings. The molecule has 0 unspecified atom stereocenters. The van der Waals surface area contributed by atoms with Crippen molar-refractivity contribution < 1.29 is 57.1 Å². The van der Waals surface area contributed by atoms with Gasteiger partial charge in [-0.15, -0.1) is 6.58 Å². The minimum absolute atomic E-state index is 0.0367. The largest absolute Gasteiger partial charge is 0.463 e. The van der Waals surface area contributed by atoms with Gasteiger partial charge in [0.05, 0.1) is 35.6 Å². The molecule has 12 nitrogen and oxygen atoms in total. The Bertz CT molecular complexity index is 1990. The van der Waals surface area contributed by atoms with Crippen LogP contribution in [-0.4, -0.2) is 73.3 Å². The molecule has 0 amide bonds. The fourth-order valence-corrected chi connectivity index (χ4v) is 6.62. The molecule has 5 rings (SSSR count). The first kappa shape index (κ1) is 46.0. The Morgan fingerprint density at radius 1 is 0.607 bits per heavy atom. The number of unbranched alkanes of at least 4 members (excludes halogenated alkanes) is 3. The lowest BCUT2D eigenvalue weighted by Crippen LogP contribution is -2.63. The molecule has 0 spiro atoms. The summed E-state index contributed by atoms with van der Waals surface area (Å²) in [4.78, 5) is 67.3. The third-order valence-electron chi connectivity index (χ3n) is 9.98. The number of ether oxygens (including phenoxy) is 7. The highest BCUT2D eigenvalue weighted by molar-refractivity contribution is 5.91. The topological polar surface area (TPSA) is 150 Å². The van der Waals surface area contributed by atoms with Crippen LogP contribution in [-0.2, 0) is 49.4 Å². The first-order valence-corrected chi connectivity index (χ1v) is 20.7. The lowest BCUT2D eigenvalue weighted by molar-refractivity contribution is -0.312. The summed E-state index contributed by atoms with van der Waals surface area (Å²) in [6, 6.07) is 33.7. The zero-order valence-corrected chi connectivity index (χ0v) is 34.6. The van der Waals surface area contributed by atoms with Crippen LogP contribution in [0.2, 0.25) is 0 Å². The molecule has 12 heteroatoms. The van der Waals surface area contributed by atoms with E-state index >= 15 is 0 Å². The summed E-state index contributed by atoms with van der Waals surface area (Å²) in [5.74, 6) is -3.78. The van der Waals surface area contributed by atoms with E-state index in [0.717, 1.165) is 31.2 Å². The first-order chi connectivity index (χ1) is 29.6. The van der Waals surface area contributed by atoms with E-state index in [-0.39, 0.29) is 42.1 Å².